The monoisotopic (exact) mass is 409 g/mol. The maximum atomic E-state index is 13.8. The van der Waals surface area contributed by atoms with Crippen LogP contribution in [-0.2, 0) is 0 Å². The first-order valence-electron chi connectivity index (χ1n) is 6.29. The zero-order valence-electron chi connectivity index (χ0n) is 11.2. The Hall–Kier alpha value is -1.01. The summed E-state index contributed by atoms with van der Waals surface area (Å²) in [5, 5.41) is 20.8. The van der Waals surface area contributed by atoms with Gasteiger partial charge in [-0.1, -0.05) is 33.6 Å². The standard InChI is InChI=1S/C15H12BrCl2FO3/c16-6-9(20)7-22-13-5-8(19)4-10(15(13)21)14-11(17)2-1-3-12(14)18/h1-5,9,17,20H,6-7H2/p+1/t9-/m1/s1. The Morgan fingerprint density at radius 2 is 2.09 bits per heavy atom. The molecule has 0 saturated carbocycles. The molecule has 3 nitrogen and oxygen atoms in total. The fourth-order valence-corrected chi connectivity index (χ4v) is 2.69. The number of aliphatic hydroxyl groups excluding tert-OH is 1. The Bertz CT molecular complexity index is 662. The molecule has 0 unspecified atom stereocenters. The van der Waals surface area contributed by atoms with Gasteiger partial charge in [-0.3, -0.25) is 0 Å². The predicted molar refractivity (Wildman–Crippen MR) is 84.4 cm³/mol. The van der Waals surface area contributed by atoms with Gasteiger partial charge in [0.15, 0.2) is 23.1 Å². The molecule has 118 valence electrons. The van der Waals surface area contributed by atoms with E-state index < -0.39 is 11.9 Å². The Labute approximate surface area is 145 Å². The summed E-state index contributed by atoms with van der Waals surface area (Å²) in [4.78, 5) is 0. The Morgan fingerprint density at radius 1 is 1.36 bits per heavy atom. The van der Waals surface area contributed by atoms with E-state index in [0.717, 1.165) is 12.1 Å². The topological polar surface area (TPSA) is 49.7 Å². The quantitative estimate of drug-likeness (QED) is 0.739. The van der Waals surface area contributed by atoms with Gasteiger partial charge >= 0.3 is 0 Å². The summed E-state index contributed by atoms with van der Waals surface area (Å²) in [7, 11) is 0. The van der Waals surface area contributed by atoms with Crippen LogP contribution in [0.2, 0.25) is 10.0 Å². The van der Waals surface area contributed by atoms with Crippen molar-refractivity contribution in [3.63, 3.8) is 0 Å². The lowest BCUT2D eigenvalue weighted by molar-refractivity contribution is -0.287. The van der Waals surface area contributed by atoms with Gasteiger partial charge in [0.1, 0.15) is 12.4 Å². The summed E-state index contributed by atoms with van der Waals surface area (Å²) >= 11 is 14.4. The van der Waals surface area contributed by atoms with Crippen LogP contribution < -0.4 is 4.74 Å². The van der Waals surface area contributed by atoms with E-state index in [2.05, 4.69) is 15.9 Å². The Morgan fingerprint density at radius 3 is 2.73 bits per heavy atom. The molecule has 0 aliphatic rings. The third-order valence-electron chi connectivity index (χ3n) is 2.89. The first-order valence-corrected chi connectivity index (χ1v) is 8.20. The summed E-state index contributed by atoms with van der Waals surface area (Å²) in [6.45, 7) is -0.0923. The highest BCUT2D eigenvalue weighted by Crippen LogP contribution is 2.42. The zero-order chi connectivity index (χ0) is 16.3. The van der Waals surface area contributed by atoms with E-state index >= 15 is 0 Å². The molecular formula is C15H13BrCl2FO3+. The van der Waals surface area contributed by atoms with E-state index in [0.29, 0.717) is 20.9 Å². The molecule has 0 spiro atoms. The lowest BCUT2D eigenvalue weighted by atomic mass is 10.0. The molecule has 0 bridgehead atoms. The molecule has 2 aromatic rings. The largest absolute Gasteiger partial charge is 0.504 e. The number of phenols is 1. The maximum absolute atomic E-state index is 13.8. The number of halogens is 4. The van der Waals surface area contributed by atoms with E-state index in [1.54, 1.807) is 18.2 Å². The lowest BCUT2D eigenvalue weighted by Crippen LogP contribution is -2.18. The van der Waals surface area contributed by atoms with Gasteiger partial charge in [0.05, 0.1) is 16.7 Å². The number of benzene rings is 2. The van der Waals surface area contributed by atoms with Crippen molar-refractivity contribution < 1.29 is 30.9 Å². The Balaban J connectivity index is 2.47. The van der Waals surface area contributed by atoms with Crippen LogP contribution in [0.3, 0.4) is 0 Å². The molecule has 0 fully saturated rings. The van der Waals surface area contributed by atoms with E-state index in [1.165, 1.54) is 0 Å². The summed E-state index contributed by atoms with van der Waals surface area (Å²) < 4.78 is 19.1. The van der Waals surface area contributed by atoms with Gasteiger partial charge < -0.3 is 14.9 Å². The van der Waals surface area contributed by atoms with Gasteiger partial charge in [-0.25, -0.2) is 4.39 Å². The number of hydrogen-bond acceptors (Lipinski definition) is 3. The molecule has 0 amide bonds. The van der Waals surface area contributed by atoms with E-state index in [-0.39, 0.29) is 23.7 Å². The first kappa shape index (κ1) is 17.3. The molecular weight excluding hydrogens is 398 g/mol. The fraction of sp³-hybridized carbons (Fsp3) is 0.200. The highest BCUT2D eigenvalue weighted by molar-refractivity contribution is 9.09. The average molecular weight is 411 g/mol. The van der Waals surface area contributed by atoms with Gasteiger partial charge in [-0.2, -0.15) is 0 Å². The molecule has 2 aromatic carbocycles. The number of aliphatic hydroxyl groups is 1. The van der Waals surface area contributed by atoms with Crippen LogP contribution in [0.5, 0.6) is 11.5 Å². The molecule has 0 aromatic heterocycles. The van der Waals surface area contributed by atoms with Gasteiger partial charge in [0, 0.05) is 23.0 Å². The molecule has 0 saturated heterocycles. The normalized spacial score (nSPS) is 12.2. The number of ether oxygens (including phenoxy) is 1. The van der Waals surface area contributed by atoms with Gasteiger partial charge in [-0.05, 0) is 12.1 Å². The van der Waals surface area contributed by atoms with Gasteiger partial charge in [0.25, 0.3) is 0 Å². The van der Waals surface area contributed by atoms with Crippen molar-refractivity contribution in [2.45, 2.75) is 6.10 Å². The second kappa shape index (κ2) is 7.51. The van der Waals surface area contributed by atoms with E-state index in [9.17, 15) is 14.6 Å². The number of phenolic OH excluding ortho intramolecular Hbond substituents is 1. The number of rotatable bonds is 5. The van der Waals surface area contributed by atoms with Crippen molar-refractivity contribution in [2.24, 2.45) is 0 Å². The number of alkyl halides is 1. The molecule has 7 heteroatoms. The minimum Gasteiger partial charge on any atom is -0.504 e. The van der Waals surface area contributed by atoms with Crippen LogP contribution in [0.25, 0.3) is 11.1 Å². The van der Waals surface area contributed by atoms with E-state index in [4.69, 9.17) is 27.9 Å². The van der Waals surface area contributed by atoms with Crippen molar-refractivity contribution in [1.82, 2.24) is 0 Å². The van der Waals surface area contributed by atoms with Gasteiger partial charge in [-0.15, -0.1) is 0 Å². The second-order valence-electron chi connectivity index (χ2n) is 4.53. The van der Waals surface area contributed by atoms with Crippen LogP contribution >= 0.6 is 27.5 Å². The summed E-state index contributed by atoms with van der Waals surface area (Å²) in [6.07, 6.45) is -0.777. The van der Waals surface area contributed by atoms with Crippen molar-refractivity contribution in [3.8, 4) is 22.6 Å². The molecule has 1 atom stereocenters. The third-order valence-corrected chi connectivity index (χ3v) is 4.30. The highest BCUT2D eigenvalue weighted by atomic mass is 79.9. The van der Waals surface area contributed by atoms with Crippen LogP contribution in [0.15, 0.2) is 30.3 Å². The van der Waals surface area contributed by atoms with Crippen molar-refractivity contribution in [1.29, 1.82) is 0 Å². The molecule has 2 N–H and O–H groups in total. The van der Waals surface area contributed by atoms with Crippen LogP contribution in [-0.4, -0.2) is 28.3 Å². The molecule has 0 aliphatic carbocycles. The second-order valence-corrected chi connectivity index (χ2v) is 6.03. The van der Waals surface area contributed by atoms with Crippen molar-refractivity contribution in [3.05, 3.63) is 46.2 Å². The summed E-state index contributed by atoms with van der Waals surface area (Å²) in [5.41, 5.74) is 0.515. The third kappa shape index (κ3) is 3.84. The van der Waals surface area contributed by atoms with Crippen molar-refractivity contribution in [2.75, 3.05) is 11.9 Å². The average Bonchev–Trinajstić information content (AvgIpc) is 2.48. The van der Waals surface area contributed by atoms with Crippen molar-refractivity contribution >= 4 is 27.5 Å². The zero-order valence-corrected chi connectivity index (χ0v) is 14.4. The van der Waals surface area contributed by atoms with Crippen LogP contribution in [0, 0.1) is 17.4 Å². The molecule has 2 rings (SSSR count). The molecule has 0 radical (unpaired) electrons. The predicted octanol–water partition coefficient (Wildman–Crippen LogP) is 3.68. The summed E-state index contributed by atoms with van der Waals surface area (Å²) in [6, 6.07) is 7.09. The van der Waals surface area contributed by atoms with Crippen LogP contribution in [0.4, 0.5) is 4.39 Å². The minimum atomic E-state index is -0.777. The minimum absolute atomic E-state index is 0.0793. The fourth-order valence-electron chi connectivity index (χ4n) is 1.87. The SMILES string of the molecule is Oc1c(OC[C@H](O)CBr)cc(F)cc1-c1c(Cl)cccc1[ClH+]. The van der Waals surface area contributed by atoms with E-state index in [1.807, 2.05) is 0 Å². The molecule has 22 heavy (non-hydrogen) atoms. The summed E-state index contributed by atoms with van der Waals surface area (Å²) in [5.74, 6) is -0.961. The smallest absolute Gasteiger partial charge is 0.235 e. The molecule has 0 aliphatic heterocycles. The van der Waals surface area contributed by atoms with Crippen LogP contribution in [0.1, 0.15) is 0 Å². The first-order chi connectivity index (χ1) is 10.4. The van der Waals surface area contributed by atoms with Gasteiger partial charge in [0.2, 0.25) is 5.02 Å². The molecule has 0 heterocycles. The number of hydrogen-bond donors (Lipinski definition) is 2. The lowest BCUT2D eigenvalue weighted by Gasteiger charge is -2.14. The number of aromatic hydroxyl groups is 1. The maximum Gasteiger partial charge on any atom is 0.235 e. The Kier molecular flexibility index (Phi) is 5.92. The highest BCUT2D eigenvalue weighted by Gasteiger charge is 2.21.